The first-order valence-electron chi connectivity index (χ1n) is 7.11. The summed E-state index contributed by atoms with van der Waals surface area (Å²) in [6.07, 6.45) is 5.44. The fourth-order valence-electron chi connectivity index (χ4n) is 3.21. The summed E-state index contributed by atoms with van der Waals surface area (Å²) in [5, 5.41) is 9.05. The van der Waals surface area contributed by atoms with Crippen LogP contribution in [0.2, 0.25) is 0 Å². The maximum absolute atomic E-state index is 12.2. The minimum Gasteiger partial charge on any atom is -0.481 e. The largest absolute Gasteiger partial charge is 0.481 e. The van der Waals surface area contributed by atoms with Crippen LogP contribution in [0, 0.1) is 17.8 Å². The van der Waals surface area contributed by atoms with Crippen molar-refractivity contribution in [3.05, 3.63) is 0 Å². The minimum atomic E-state index is -3.28. The van der Waals surface area contributed by atoms with Crippen molar-refractivity contribution in [2.45, 2.75) is 39.0 Å². The number of aliphatic carboxylic acids is 1. The third kappa shape index (κ3) is 3.48. The Morgan fingerprint density at radius 3 is 2.42 bits per heavy atom. The Kier molecular flexibility index (Phi) is 4.50. The lowest BCUT2D eigenvalue weighted by Crippen LogP contribution is -2.32. The van der Waals surface area contributed by atoms with Gasteiger partial charge in [-0.15, -0.1) is 0 Å². The van der Waals surface area contributed by atoms with Gasteiger partial charge in [-0.3, -0.25) is 4.79 Å². The molecule has 1 saturated heterocycles. The number of hydrogen-bond acceptors (Lipinski definition) is 3. The summed E-state index contributed by atoms with van der Waals surface area (Å²) in [7, 11) is -3.28. The molecule has 2 aliphatic rings. The predicted octanol–water partition coefficient (Wildman–Crippen LogP) is 1.55. The van der Waals surface area contributed by atoms with E-state index in [0.717, 1.165) is 19.3 Å². The standard InChI is InChI=1S/C13H23NO4S/c1-10-8-14(9-12(10)13(15)16)19(17,18)7-6-11-4-2-3-5-11/h10-12H,2-9H2,1H3,(H,15,16)/t10-,12-/m1/s1. The zero-order valence-corrected chi connectivity index (χ0v) is 12.2. The predicted molar refractivity (Wildman–Crippen MR) is 72.2 cm³/mol. The third-order valence-electron chi connectivity index (χ3n) is 4.55. The zero-order chi connectivity index (χ0) is 14.0. The van der Waals surface area contributed by atoms with Crippen molar-refractivity contribution in [1.29, 1.82) is 0 Å². The molecular formula is C13H23NO4S. The second-order valence-electron chi connectivity index (χ2n) is 5.99. The average molecular weight is 289 g/mol. The van der Waals surface area contributed by atoms with E-state index in [9.17, 15) is 13.2 Å². The SMILES string of the molecule is C[C@@H]1CN(S(=O)(=O)CCC2CCCC2)C[C@H]1C(=O)O. The van der Waals surface area contributed by atoms with Crippen LogP contribution in [0.1, 0.15) is 39.0 Å². The molecule has 0 bridgehead atoms. The highest BCUT2D eigenvalue weighted by molar-refractivity contribution is 7.89. The molecule has 6 heteroatoms. The van der Waals surface area contributed by atoms with Gasteiger partial charge in [-0.2, -0.15) is 0 Å². The molecule has 19 heavy (non-hydrogen) atoms. The molecule has 0 aromatic rings. The van der Waals surface area contributed by atoms with Crippen LogP contribution in [0.15, 0.2) is 0 Å². The molecule has 0 aromatic carbocycles. The van der Waals surface area contributed by atoms with Crippen molar-refractivity contribution in [2.24, 2.45) is 17.8 Å². The fraction of sp³-hybridized carbons (Fsp3) is 0.923. The maximum atomic E-state index is 12.2. The highest BCUT2D eigenvalue weighted by Gasteiger charge is 2.40. The van der Waals surface area contributed by atoms with Gasteiger partial charge in [0.05, 0.1) is 11.7 Å². The normalized spacial score (nSPS) is 29.9. The first kappa shape index (κ1) is 14.8. The van der Waals surface area contributed by atoms with E-state index in [2.05, 4.69) is 0 Å². The number of sulfonamides is 1. The second-order valence-corrected chi connectivity index (χ2v) is 8.08. The second kappa shape index (κ2) is 5.79. The fourth-order valence-corrected chi connectivity index (χ4v) is 4.95. The molecule has 1 saturated carbocycles. The number of carboxylic acid groups (broad SMARTS) is 1. The third-order valence-corrected chi connectivity index (χ3v) is 6.38. The van der Waals surface area contributed by atoms with E-state index in [0.29, 0.717) is 12.5 Å². The average Bonchev–Trinajstić information content (AvgIpc) is 2.95. The van der Waals surface area contributed by atoms with Crippen molar-refractivity contribution in [2.75, 3.05) is 18.8 Å². The summed E-state index contributed by atoms with van der Waals surface area (Å²) in [5.41, 5.74) is 0. The lowest BCUT2D eigenvalue weighted by molar-refractivity contribution is -0.142. The molecule has 1 aliphatic heterocycles. The summed E-state index contributed by atoms with van der Waals surface area (Å²) in [4.78, 5) is 11.0. The summed E-state index contributed by atoms with van der Waals surface area (Å²) in [6.45, 7) is 2.30. The molecule has 0 radical (unpaired) electrons. The lowest BCUT2D eigenvalue weighted by atomic mass is 9.99. The Morgan fingerprint density at radius 2 is 1.89 bits per heavy atom. The topological polar surface area (TPSA) is 74.7 Å². The summed E-state index contributed by atoms with van der Waals surface area (Å²) in [6, 6.07) is 0. The molecule has 1 heterocycles. The van der Waals surface area contributed by atoms with Gasteiger partial charge in [0, 0.05) is 13.1 Å². The van der Waals surface area contributed by atoms with Crippen molar-refractivity contribution in [3.8, 4) is 0 Å². The summed E-state index contributed by atoms with van der Waals surface area (Å²) in [5.74, 6) is -0.817. The van der Waals surface area contributed by atoms with E-state index in [1.54, 1.807) is 0 Å². The van der Waals surface area contributed by atoms with Gasteiger partial charge < -0.3 is 5.11 Å². The number of carbonyl (C=O) groups is 1. The van der Waals surface area contributed by atoms with Crippen LogP contribution in [-0.4, -0.2) is 42.6 Å². The van der Waals surface area contributed by atoms with Gasteiger partial charge >= 0.3 is 5.97 Å². The quantitative estimate of drug-likeness (QED) is 0.833. The highest BCUT2D eigenvalue weighted by Crippen LogP contribution is 2.30. The molecule has 0 spiro atoms. The zero-order valence-electron chi connectivity index (χ0n) is 11.4. The van der Waals surface area contributed by atoms with Gasteiger partial charge in [-0.25, -0.2) is 12.7 Å². The Balaban J connectivity index is 1.91. The lowest BCUT2D eigenvalue weighted by Gasteiger charge is -2.17. The Labute approximate surface area is 115 Å². The monoisotopic (exact) mass is 289 g/mol. The maximum Gasteiger partial charge on any atom is 0.308 e. The van der Waals surface area contributed by atoms with Crippen molar-refractivity contribution >= 4 is 16.0 Å². The van der Waals surface area contributed by atoms with Crippen LogP contribution in [-0.2, 0) is 14.8 Å². The van der Waals surface area contributed by atoms with E-state index in [4.69, 9.17) is 5.11 Å². The van der Waals surface area contributed by atoms with Gasteiger partial charge in [0.25, 0.3) is 0 Å². The Hall–Kier alpha value is -0.620. The highest BCUT2D eigenvalue weighted by atomic mass is 32.2. The van der Waals surface area contributed by atoms with E-state index in [1.807, 2.05) is 6.92 Å². The Bertz CT molecular complexity index is 428. The van der Waals surface area contributed by atoms with Crippen molar-refractivity contribution in [1.82, 2.24) is 4.31 Å². The van der Waals surface area contributed by atoms with Gasteiger partial charge in [-0.1, -0.05) is 32.6 Å². The van der Waals surface area contributed by atoms with Crippen LogP contribution in [0.5, 0.6) is 0 Å². The number of carboxylic acids is 1. The van der Waals surface area contributed by atoms with Gasteiger partial charge in [0.2, 0.25) is 10.0 Å². The van der Waals surface area contributed by atoms with Crippen molar-refractivity contribution < 1.29 is 18.3 Å². The van der Waals surface area contributed by atoms with Crippen LogP contribution < -0.4 is 0 Å². The van der Waals surface area contributed by atoms with Crippen LogP contribution in [0.3, 0.4) is 0 Å². The molecule has 0 amide bonds. The molecule has 0 unspecified atom stereocenters. The van der Waals surface area contributed by atoms with E-state index in [-0.39, 0.29) is 18.2 Å². The molecule has 2 fully saturated rings. The first-order valence-corrected chi connectivity index (χ1v) is 8.71. The van der Waals surface area contributed by atoms with Gasteiger partial charge in [0.15, 0.2) is 0 Å². The molecule has 2 atom stereocenters. The van der Waals surface area contributed by atoms with Gasteiger partial charge in [0.1, 0.15) is 0 Å². The van der Waals surface area contributed by atoms with E-state index in [1.165, 1.54) is 17.1 Å². The minimum absolute atomic E-state index is 0.0984. The summed E-state index contributed by atoms with van der Waals surface area (Å²) >= 11 is 0. The Morgan fingerprint density at radius 1 is 1.26 bits per heavy atom. The van der Waals surface area contributed by atoms with Crippen LogP contribution in [0.25, 0.3) is 0 Å². The molecule has 110 valence electrons. The molecule has 2 rings (SSSR count). The number of nitrogens with zero attached hydrogens (tertiary/aromatic N) is 1. The van der Waals surface area contributed by atoms with E-state index >= 15 is 0 Å². The molecular weight excluding hydrogens is 266 g/mol. The number of hydrogen-bond donors (Lipinski definition) is 1. The van der Waals surface area contributed by atoms with E-state index < -0.39 is 21.9 Å². The first-order chi connectivity index (χ1) is 8.90. The van der Waals surface area contributed by atoms with Crippen molar-refractivity contribution in [3.63, 3.8) is 0 Å². The van der Waals surface area contributed by atoms with Crippen LogP contribution >= 0.6 is 0 Å². The summed E-state index contributed by atoms with van der Waals surface area (Å²) < 4.78 is 25.9. The smallest absolute Gasteiger partial charge is 0.308 e. The molecule has 5 nitrogen and oxygen atoms in total. The molecule has 1 N–H and O–H groups in total. The number of rotatable bonds is 5. The molecule has 1 aliphatic carbocycles. The van der Waals surface area contributed by atoms with Gasteiger partial charge in [-0.05, 0) is 18.3 Å². The van der Waals surface area contributed by atoms with Crippen LogP contribution in [0.4, 0.5) is 0 Å². The molecule has 0 aromatic heterocycles.